The number of sulfone groups is 1. The van der Waals surface area contributed by atoms with Crippen molar-refractivity contribution in [1.29, 1.82) is 0 Å². The number of imide groups is 2. The van der Waals surface area contributed by atoms with Crippen LogP contribution < -0.4 is 20.1 Å². The van der Waals surface area contributed by atoms with Crippen LogP contribution in [0.5, 0.6) is 11.5 Å². The Hall–Kier alpha value is -4.71. The zero-order chi connectivity index (χ0) is 28.9. The van der Waals surface area contributed by atoms with E-state index in [0.717, 1.165) is 16.1 Å². The molecule has 0 aliphatic carbocycles. The summed E-state index contributed by atoms with van der Waals surface area (Å²) in [6, 6.07) is 12.1. The van der Waals surface area contributed by atoms with Crippen LogP contribution in [0.2, 0.25) is 0 Å². The predicted octanol–water partition coefficient (Wildman–Crippen LogP) is 2.86. The second-order valence-electron chi connectivity index (χ2n) is 9.35. The highest BCUT2D eigenvalue weighted by molar-refractivity contribution is 7.90. The first kappa shape index (κ1) is 26.9. The van der Waals surface area contributed by atoms with Crippen LogP contribution in [-0.2, 0) is 9.84 Å². The average Bonchev–Trinajstić information content (AvgIpc) is 3.32. The number of amides is 4. The van der Waals surface area contributed by atoms with Gasteiger partial charge in [0.25, 0.3) is 23.6 Å². The van der Waals surface area contributed by atoms with Crippen LogP contribution in [-0.4, -0.2) is 62.7 Å². The van der Waals surface area contributed by atoms with E-state index < -0.39 is 45.3 Å². The van der Waals surface area contributed by atoms with Crippen LogP contribution in [0.4, 0.5) is 11.4 Å². The Labute approximate surface area is 230 Å². The molecule has 0 spiro atoms. The lowest BCUT2D eigenvalue weighted by Crippen LogP contribution is -2.38. The lowest BCUT2D eigenvalue weighted by molar-refractivity contribution is 0.0597. The summed E-state index contributed by atoms with van der Waals surface area (Å²) in [6.07, 6.45) is 1.000. The molecule has 2 N–H and O–H groups in total. The number of nitrogen functional groups attached to an aromatic ring is 1. The number of methoxy groups -OCH3 is 1. The number of fused-ring (bicyclic) bond motifs is 2. The van der Waals surface area contributed by atoms with Gasteiger partial charge in [-0.3, -0.25) is 24.1 Å². The number of hydrogen-bond donors (Lipinski definition) is 1. The molecule has 1 unspecified atom stereocenters. The first-order valence-electron chi connectivity index (χ1n) is 12.2. The van der Waals surface area contributed by atoms with E-state index in [-0.39, 0.29) is 40.2 Å². The third-order valence-electron chi connectivity index (χ3n) is 6.76. The summed E-state index contributed by atoms with van der Waals surface area (Å²) in [5.41, 5.74) is 6.13. The van der Waals surface area contributed by atoms with Gasteiger partial charge >= 0.3 is 0 Å². The fourth-order valence-corrected chi connectivity index (χ4v) is 5.98. The van der Waals surface area contributed by atoms with E-state index in [1.807, 2.05) is 0 Å². The van der Waals surface area contributed by atoms with Gasteiger partial charge in [0.1, 0.15) is 9.84 Å². The third-order valence-corrected chi connectivity index (χ3v) is 7.68. The number of ether oxygens (including phenoxy) is 2. The van der Waals surface area contributed by atoms with Gasteiger partial charge < -0.3 is 15.2 Å². The fourth-order valence-electron chi connectivity index (χ4n) is 5.06. The van der Waals surface area contributed by atoms with Crippen LogP contribution in [0.15, 0.2) is 54.6 Å². The largest absolute Gasteiger partial charge is 0.493 e. The lowest BCUT2D eigenvalue weighted by atomic mass is 10.1. The highest BCUT2D eigenvalue weighted by Crippen LogP contribution is 2.41. The summed E-state index contributed by atoms with van der Waals surface area (Å²) < 4.78 is 35.9. The molecule has 12 heteroatoms. The molecule has 4 amide bonds. The summed E-state index contributed by atoms with van der Waals surface area (Å²) in [6.45, 7) is 2.05. The van der Waals surface area contributed by atoms with Crippen LogP contribution >= 0.6 is 0 Å². The van der Waals surface area contributed by atoms with Crippen molar-refractivity contribution in [2.75, 3.05) is 36.4 Å². The topological polar surface area (TPSA) is 153 Å². The molecule has 206 valence electrons. The standard InChI is InChI=1S/C28H25N3O8S/c1-4-39-22-13-15(11-12-21(22)38-2)20(14-40(3,36)37)31-26(33)17-8-6-10-19(24(17)28(31)35)30-25(32)16-7-5-9-18(29)23(16)27(30)34/h5-13,20H,4,14,29H2,1-3H3. The van der Waals surface area contributed by atoms with Crippen molar-refractivity contribution in [3.63, 3.8) is 0 Å². The van der Waals surface area contributed by atoms with Crippen molar-refractivity contribution in [1.82, 2.24) is 4.90 Å². The van der Waals surface area contributed by atoms with Gasteiger partial charge in [0.05, 0.1) is 53.5 Å². The maximum atomic E-state index is 14.0. The van der Waals surface area contributed by atoms with E-state index in [9.17, 15) is 27.6 Å². The van der Waals surface area contributed by atoms with Crippen LogP contribution in [0.1, 0.15) is 60.0 Å². The Bertz CT molecular complexity index is 1720. The zero-order valence-electron chi connectivity index (χ0n) is 21.8. The molecule has 2 aliphatic heterocycles. The monoisotopic (exact) mass is 563 g/mol. The highest BCUT2D eigenvalue weighted by Gasteiger charge is 2.47. The Morgan fingerprint density at radius 1 is 0.850 bits per heavy atom. The minimum absolute atomic E-state index is 0.00960. The summed E-state index contributed by atoms with van der Waals surface area (Å²) in [5, 5.41) is 0. The molecule has 1 atom stereocenters. The SMILES string of the molecule is CCOc1cc(C(CS(C)(=O)=O)N2C(=O)c3cccc(N4C(=O)c5cccc(N)c5C4=O)c3C2=O)ccc1OC. The number of nitrogens with two attached hydrogens (primary N) is 1. The molecule has 11 nitrogen and oxygen atoms in total. The molecule has 2 heterocycles. The second kappa shape index (κ2) is 9.79. The second-order valence-corrected chi connectivity index (χ2v) is 11.5. The number of benzene rings is 3. The third kappa shape index (κ3) is 4.26. The van der Waals surface area contributed by atoms with E-state index >= 15 is 0 Å². The number of nitrogens with zero attached hydrogens (tertiary/aromatic N) is 2. The number of carbonyl (C=O) groups excluding carboxylic acids is 4. The summed E-state index contributed by atoms with van der Waals surface area (Å²) in [5.74, 6) is -2.91. The first-order chi connectivity index (χ1) is 19.0. The average molecular weight is 564 g/mol. The lowest BCUT2D eigenvalue weighted by Gasteiger charge is -2.27. The zero-order valence-corrected chi connectivity index (χ0v) is 22.7. The summed E-state index contributed by atoms with van der Waals surface area (Å²) in [7, 11) is -2.27. The molecule has 0 aromatic heterocycles. The number of rotatable bonds is 8. The van der Waals surface area contributed by atoms with Crippen LogP contribution in [0.3, 0.4) is 0 Å². The predicted molar refractivity (Wildman–Crippen MR) is 146 cm³/mol. The van der Waals surface area contributed by atoms with E-state index in [4.69, 9.17) is 15.2 Å². The van der Waals surface area contributed by atoms with Gasteiger partial charge in [-0.2, -0.15) is 0 Å². The quantitative estimate of drug-likeness (QED) is 0.322. The maximum absolute atomic E-state index is 14.0. The summed E-state index contributed by atoms with van der Waals surface area (Å²) in [4.78, 5) is 55.9. The van der Waals surface area contributed by atoms with E-state index in [2.05, 4.69) is 0 Å². The summed E-state index contributed by atoms with van der Waals surface area (Å²) >= 11 is 0. The molecule has 3 aromatic carbocycles. The van der Waals surface area contributed by atoms with E-state index in [1.165, 1.54) is 49.6 Å². The number of anilines is 2. The Morgan fingerprint density at radius 2 is 1.52 bits per heavy atom. The Balaban J connectivity index is 1.62. The smallest absolute Gasteiger partial charge is 0.268 e. The van der Waals surface area contributed by atoms with E-state index in [1.54, 1.807) is 19.1 Å². The van der Waals surface area contributed by atoms with Gasteiger partial charge in [-0.15, -0.1) is 0 Å². The van der Waals surface area contributed by atoms with Crippen LogP contribution in [0, 0.1) is 0 Å². The molecule has 0 radical (unpaired) electrons. The van der Waals surface area contributed by atoms with Crippen molar-refractivity contribution in [2.45, 2.75) is 13.0 Å². The minimum Gasteiger partial charge on any atom is -0.493 e. The number of carbonyl (C=O) groups is 4. The van der Waals surface area contributed by atoms with Crippen molar-refractivity contribution < 1.29 is 37.1 Å². The first-order valence-corrected chi connectivity index (χ1v) is 14.3. The van der Waals surface area contributed by atoms with E-state index in [0.29, 0.717) is 17.1 Å². The van der Waals surface area contributed by atoms with Crippen molar-refractivity contribution in [3.8, 4) is 11.5 Å². The van der Waals surface area contributed by atoms with Crippen molar-refractivity contribution in [3.05, 3.63) is 82.4 Å². The van der Waals surface area contributed by atoms with Crippen LogP contribution in [0.25, 0.3) is 0 Å². The molecule has 0 saturated heterocycles. The molecule has 0 bridgehead atoms. The minimum atomic E-state index is -3.72. The van der Waals surface area contributed by atoms with Crippen molar-refractivity contribution >= 4 is 44.8 Å². The molecule has 2 aliphatic rings. The molecular weight excluding hydrogens is 538 g/mol. The van der Waals surface area contributed by atoms with Gasteiger partial charge in [0, 0.05) is 11.9 Å². The fraction of sp³-hybridized carbons (Fsp3) is 0.214. The highest BCUT2D eigenvalue weighted by atomic mass is 32.2. The Kier molecular flexibility index (Phi) is 6.58. The number of hydrogen-bond acceptors (Lipinski definition) is 9. The normalized spacial score (nSPS) is 15.4. The van der Waals surface area contributed by atoms with Gasteiger partial charge in [0.15, 0.2) is 11.5 Å². The molecule has 3 aromatic rings. The van der Waals surface area contributed by atoms with Crippen molar-refractivity contribution in [2.24, 2.45) is 0 Å². The molecule has 40 heavy (non-hydrogen) atoms. The maximum Gasteiger partial charge on any atom is 0.268 e. The van der Waals surface area contributed by atoms with Gasteiger partial charge in [0.2, 0.25) is 0 Å². The van der Waals surface area contributed by atoms with Gasteiger partial charge in [-0.1, -0.05) is 18.2 Å². The molecule has 0 fully saturated rings. The van der Waals surface area contributed by atoms with Gasteiger partial charge in [-0.05, 0) is 48.9 Å². The molecular formula is C28H25N3O8S. The Morgan fingerprint density at radius 3 is 2.15 bits per heavy atom. The molecule has 0 saturated carbocycles. The van der Waals surface area contributed by atoms with Gasteiger partial charge in [-0.25, -0.2) is 13.3 Å². The molecule has 5 rings (SSSR count).